The summed E-state index contributed by atoms with van der Waals surface area (Å²) in [6.45, 7) is 0.204. The summed E-state index contributed by atoms with van der Waals surface area (Å²) in [6, 6.07) is 10.4. The average molecular weight is 518 g/mol. The molecule has 2 aromatic carbocycles. The van der Waals surface area contributed by atoms with Crippen molar-refractivity contribution in [3.05, 3.63) is 57.5 Å². The van der Waals surface area contributed by atoms with Crippen LogP contribution in [-0.4, -0.2) is 41.4 Å². The predicted molar refractivity (Wildman–Crippen MR) is 122 cm³/mol. The summed E-state index contributed by atoms with van der Waals surface area (Å²) in [5.74, 6) is -0.474. The van der Waals surface area contributed by atoms with E-state index in [4.69, 9.17) is 34.8 Å². The molecule has 0 radical (unpaired) electrons. The normalized spacial score (nSPS) is 17.1. The number of aromatic nitrogens is 2. The second-order valence-electron chi connectivity index (χ2n) is 6.76. The van der Waals surface area contributed by atoms with Crippen LogP contribution < -0.4 is 5.32 Å². The molecule has 0 bridgehead atoms. The van der Waals surface area contributed by atoms with Crippen LogP contribution in [-0.2, 0) is 14.8 Å². The molecule has 2 heterocycles. The van der Waals surface area contributed by atoms with Gasteiger partial charge in [0.2, 0.25) is 21.1 Å². The van der Waals surface area contributed by atoms with Gasteiger partial charge in [-0.3, -0.25) is 10.1 Å². The minimum atomic E-state index is -4.01. The molecule has 1 aliphatic rings. The Morgan fingerprint density at radius 1 is 1.06 bits per heavy atom. The predicted octanol–water partition coefficient (Wildman–Crippen LogP) is 4.96. The molecule has 31 heavy (non-hydrogen) atoms. The van der Waals surface area contributed by atoms with E-state index in [-0.39, 0.29) is 26.6 Å². The van der Waals surface area contributed by atoms with E-state index in [1.807, 2.05) is 0 Å². The van der Waals surface area contributed by atoms with Crippen molar-refractivity contribution in [3.8, 4) is 10.6 Å². The summed E-state index contributed by atoms with van der Waals surface area (Å²) in [6.07, 6.45) is 0.924. The third-order valence-electron chi connectivity index (χ3n) is 4.73. The van der Waals surface area contributed by atoms with E-state index in [2.05, 4.69) is 15.5 Å². The molecule has 1 saturated heterocycles. The summed E-state index contributed by atoms with van der Waals surface area (Å²) < 4.78 is 27.5. The van der Waals surface area contributed by atoms with Crippen LogP contribution in [0.2, 0.25) is 15.1 Å². The van der Waals surface area contributed by atoms with Crippen LogP contribution in [0, 0.1) is 0 Å². The number of amides is 1. The van der Waals surface area contributed by atoms with E-state index in [0.717, 1.165) is 9.87 Å². The van der Waals surface area contributed by atoms with E-state index < -0.39 is 22.0 Å². The fourth-order valence-corrected chi connectivity index (χ4v) is 6.54. The van der Waals surface area contributed by atoms with Crippen molar-refractivity contribution in [2.45, 2.75) is 23.8 Å². The molecule has 0 spiro atoms. The lowest BCUT2D eigenvalue weighted by Crippen LogP contribution is -2.43. The number of hydrogen-bond donors (Lipinski definition) is 1. The molecule has 162 valence electrons. The van der Waals surface area contributed by atoms with E-state index in [0.29, 0.717) is 22.9 Å². The van der Waals surface area contributed by atoms with Crippen molar-refractivity contribution in [2.24, 2.45) is 0 Å². The van der Waals surface area contributed by atoms with E-state index in [1.165, 1.54) is 29.5 Å². The van der Waals surface area contributed by atoms with Crippen LogP contribution in [0.1, 0.15) is 12.8 Å². The molecular weight excluding hydrogens is 503 g/mol. The highest BCUT2D eigenvalue weighted by atomic mass is 35.5. The standard InChI is InChI=1S/C19H15Cl3N4O3S2/c20-12-5-3-11(4-6-12)18-24-25-19(30-18)23-17(27)15-2-1-9-26(15)31(28,29)16-10-13(21)7-8-14(16)22/h3-8,10,15H,1-2,9H2,(H,23,25,27)/t15-/m0/s1. The van der Waals surface area contributed by atoms with Crippen LogP contribution in [0.3, 0.4) is 0 Å². The highest BCUT2D eigenvalue weighted by molar-refractivity contribution is 7.89. The lowest BCUT2D eigenvalue weighted by atomic mass is 10.2. The van der Waals surface area contributed by atoms with Gasteiger partial charge in [-0.15, -0.1) is 10.2 Å². The number of benzene rings is 2. The molecule has 7 nitrogen and oxygen atoms in total. The molecular formula is C19H15Cl3N4O3S2. The van der Waals surface area contributed by atoms with Crippen molar-refractivity contribution in [3.63, 3.8) is 0 Å². The van der Waals surface area contributed by atoms with Crippen LogP contribution >= 0.6 is 46.1 Å². The zero-order chi connectivity index (χ0) is 22.2. The van der Waals surface area contributed by atoms with Crippen molar-refractivity contribution in [2.75, 3.05) is 11.9 Å². The Balaban J connectivity index is 1.53. The van der Waals surface area contributed by atoms with Gasteiger partial charge in [0, 0.05) is 22.2 Å². The molecule has 0 saturated carbocycles. The highest BCUT2D eigenvalue weighted by Gasteiger charge is 2.40. The molecule has 3 aromatic rings. The number of nitrogens with one attached hydrogen (secondary N) is 1. The topological polar surface area (TPSA) is 92.3 Å². The first-order valence-corrected chi connectivity index (χ1v) is 12.5. The van der Waals surface area contributed by atoms with Crippen molar-refractivity contribution in [1.82, 2.24) is 14.5 Å². The molecule has 1 atom stereocenters. The third-order valence-corrected chi connectivity index (χ3v) is 8.50. The van der Waals surface area contributed by atoms with E-state index in [9.17, 15) is 13.2 Å². The van der Waals surface area contributed by atoms with Gasteiger partial charge in [-0.1, -0.05) is 58.3 Å². The molecule has 4 rings (SSSR count). The van der Waals surface area contributed by atoms with Crippen LogP contribution in [0.5, 0.6) is 0 Å². The first kappa shape index (κ1) is 22.4. The van der Waals surface area contributed by atoms with Gasteiger partial charge in [-0.05, 0) is 43.2 Å². The van der Waals surface area contributed by atoms with Crippen molar-refractivity contribution < 1.29 is 13.2 Å². The van der Waals surface area contributed by atoms with Gasteiger partial charge in [0.05, 0.1) is 5.02 Å². The smallest absolute Gasteiger partial charge is 0.245 e. The van der Waals surface area contributed by atoms with Gasteiger partial charge in [0.1, 0.15) is 15.9 Å². The van der Waals surface area contributed by atoms with Gasteiger partial charge in [0.25, 0.3) is 0 Å². The maximum Gasteiger partial charge on any atom is 0.245 e. The minimum absolute atomic E-state index is 0.0483. The number of halogens is 3. The molecule has 0 unspecified atom stereocenters. The Bertz CT molecular complexity index is 1230. The molecule has 1 amide bonds. The van der Waals surface area contributed by atoms with Gasteiger partial charge in [-0.25, -0.2) is 8.42 Å². The summed E-state index contributed by atoms with van der Waals surface area (Å²) in [5, 5.41) is 12.5. The van der Waals surface area contributed by atoms with Gasteiger partial charge in [0.15, 0.2) is 0 Å². The number of hydrogen-bond acceptors (Lipinski definition) is 6. The number of nitrogens with zero attached hydrogens (tertiary/aromatic N) is 3. The SMILES string of the molecule is O=C(Nc1nnc(-c2ccc(Cl)cc2)s1)[C@@H]1CCCN1S(=O)(=O)c1cc(Cl)ccc1Cl. The Kier molecular flexibility index (Phi) is 6.52. The van der Waals surface area contributed by atoms with Crippen LogP contribution in [0.4, 0.5) is 5.13 Å². The molecule has 1 aliphatic heterocycles. The number of anilines is 1. The Morgan fingerprint density at radius 2 is 1.77 bits per heavy atom. The fraction of sp³-hybridized carbons (Fsp3) is 0.211. The largest absolute Gasteiger partial charge is 0.299 e. The number of rotatable bonds is 5. The molecule has 12 heteroatoms. The van der Waals surface area contributed by atoms with Crippen molar-refractivity contribution in [1.29, 1.82) is 0 Å². The quantitative estimate of drug-likeness (QED) is 0.516. The zero-order valence-corrected chi connectivity index (χ0v) is 19.7. The maximum absolute atomic E-state index is 13.2. The van der Waals surface area contributed by atoms with Crippen molar-refractivity contribution >= 4 is 67.2 Å². The van der Waals surface area contributed by atoms with Gasteiger partial charge < -0.3 is 0 Å². The maximum atomic E-state index is 13.2. The number of carbonyl (C=O) groups excluding carboxylic acids is 1. The minimum Gasteiger partial charge on any atom is -0.299 e. The Labute approximate surface area is 198 Å². The summed E-state index contributed by atoms with van der Waals surface area (Å²) in [4.78, 5) is 12.8. The number of carbonyl (C=O) groups is 1. The summed E-state index contributed by atoms with van der Waals surface area (Å²) >= 11 is 19.1. The first-order chi connectivity index (χ1) is 14.8. The lowest BCUT2D eigenvalue weighted by Gasteiger charge is -2.23. The highest BCUT2D eigenvalue weighted by Crippen LogP contribution is 2.33. The van der Waals surface area contributed by atoms with Gasteiger partial charge in [-0.2, -0.15) is 4.31 Å². The van der Waals surface area contributed by atoms with E-state index in [1.54, 1.807) is 24.3 Å². The van der Waals surface area contributed by atoms with Gasteiger partial charge >= 0.3 is 0 Å². The zero-order valence-electron chi connectivity index (χ0n) is 15.8. The second-order valence-corrected chi connectivity index (χ2v) is 10.9. The van der Waals surface area contributed by atoms with E-state index >= 15 is 0 Å². The fourth-order valence-electron chi connectivity index (χ4n) is 3.26. The lowest BCUT2D eigenvalue weighted by molar-refractivity contribution is -0.119. The van der Waals surface area contributed by atoms with Crippen LogP contribution in [0.15, 0.2) is 47.4 Å². The first-order valence-electron chi connectivity index (χ1n) is 9.13. The molecule has 0 aliphatic carbocycles. The molecule has 1 N–H and O–H groups in total. The second kappa shape index (κ2) is 9.01. The number of sulfonamides is 1. The van der Waals surface area contributed by atoms with Crippen LogP contribution in [0.25, 0.3) is 10.6 Å². The summed E-state index contributed by atoms with van der Waals surface area (Å²) in [7, 11) is -4.01. The Hall–Kier alpha value is -1.75. The summed E-state index contributed by atoms with van der Waals surface area (Å²) in [5.41, 5.74) is 0.808. The molecule has 1 fully saturated rings. The average Bonchev–Trinajstić information content (AvgIpc) is 3.40. The Morgan fingerprint density at radius 3 is 2.52 bits per heavy atom. The third kappa shape index (κ3) is 4.72. The monoisotopic (exact) mass is 516 g/mol. The molecule has 1 aromatic heterocycles.